The fourth-order valence-electron chi connectivity index (χ4n) is 5.70. The number of halogens is 1. The number of carbonyl (C=O) groups is 2. The molecule has 0 aromatic heterocycles. The van der Waals surface area contributed by atoms with Crippen molar-refractivity contribution >= 4 is 49.9 Å². The summed E-state index contributed by atoms with van der Waals surface area (Å²) in [6.45, 7) is 2.17. The van der Waals surface area contributed by atoms with Gasteiger partial charge >= 0.3 is 0 Å². The maximum atomic E-state index is 13.6. The molecule has 3 aromatic carbocycles. The minimum atomic E-state index is -3.69. The number of benzene rings is 3. The van der Waals surface area contributed by atoms with Gasteiger partial charge in [-0.1, -0.05) is 67.3 Å². The van der Waals surface area contributed by atoms with Gasteiger partial charge in [0.2, 0.25) is 11.8 Å². The summed E-state index contributed by atoms with van der Waals surface area (Å²) in [6, 6.07) is 17.6. The number of carbonyl (C=O) groups excluding carboxylic acids is 2. The number of nitrogens with zero attached hydrogens (tertiary/aromatic N) is 2. The standard InChI is InChI=1S/C30H34ClN3O4S/c1-21(30(36)32-25-13-3-2-4-14-25)33(20-22-9-5-12-24(31)19-22)28(35)17-8-18-34-26-15-6-10-23-11-7-16-27(29(23)26)39(34,37)38/h5-7,9-12,15-16,19,21,25H,2-4,8,13-14,17-18,20H2,1H3,(H,32,36)/t21-/m0/s1. The van der Waals surface area contributed by atoms with Gasteiger partial charge in [0.05, 0.1) is 10.6 Å². The molecule has 1 aliphatic carbocycles. The molecule has 2 aliphatic rings. The summed E-state index contributed by atoms with van der Waals surface area (Å²) in [5.74, 6) is -0.366. The summed E-state index contributed by atoms with van der Waals surface area (Å²) in [4.78, 5) is 28.6. The zero-order chi connectivity index (χ0) is 27.6. The van der Waals surface area contributed by atoms with E-state index in [1.807, 2.05) is 30.3 Å². The van der Waals surface area contributed by atoms with E-state index in [9.17, 15) is 18.0 Å². The smallest absolute Gasteiger partial charge is 0.265 e. The van der Waals surface area contributed by atoms with E-state index in [4.69, 9.17) is 11.6 Å². The van der Waals surface area contributed by atoms with E-state index < -0.39 is 16.1 Å². The van der Waals surface area contributed by atoms with Crippen LogP contribution in [0.3, 0.4) is 0 Å². The van der Waals surface area contributed by atoms with Crippen molar-refractivity contribution in [1.82, 2.24) is 10.2 Å². The minimum absolute atomic E-state index is 0.111. The van der Waals surface area contributed by atoms with Gasteiger partial charge < -0.3 is 10.2 Å². The second-order valence-corrected chi connectivity index (χ2v) is 12.8. The third-order valence-corrected chi connectivity index (χ3v) is 9.88. The second-order valence-electron chi connectivity index (χ2n) is 10.5. The minimum Gasteiger partial charge on any atom is -0.352 e. The van der Waals surface area contributed by atoms with Crippen LogP contribution in [0.15, 0.2) is 65.6 Å². The van der Waals surface area contributed by atoms with Gasteiger partial charge in [0.15, 0.2) is 0 Å². The van der Waals surface area contributed by atoms with Crippen molar-refractivity contribution in [3.05, 3.63) is 71.2 Å². The fourth-order valence-corrected chi connectivity index (χ4v) is 7.66. The van der Waals surface area contributed by atoms with Crippen LogP contribution in [0.25, 0.3) is 10.8 Å². The molecule has 1 N–H and O–H groups in total. The molecular weight excluding hydrogens is 534 g/mol. The van der Waals surface area contributed by atoms with Crippen molar-refractivity contribution in [2.24, 2.45) is 0 Å². The first-order valence-corrected chi connectivity index (χ1v) is 15.5. The Morgan fingerprint density at radius 1 is 1.05 bits per heavy atom. The van der Waals surface area contributed by atoms with Gasteiger partial charge in [-0.3, -0.25) is 13.9 Å². The van der Waals surface area contributed by atoms with Crippen LogP contribution in [0.5, 0.6) is 0 Å². The number of sulfonamides is 1. The van der Waals surface area contributed by atoms with Crippen molar-refractivity contribution in [2.45, 2.75) is 75.4 Å². The molecule has 0 bridgehead atoms. The van der Waals surface area contributed by atoms with Crippen molar-refractivity contribution in [3.8, 4) is 0 Å². The highest BCUT2D eigenvalue weighted by molar-refractivity contribution is 7.93. The Morgan fingerprint density at radius 2 is 1.77 bits per heavy atom. The van der Waals surface area contributed by atoms with Crippen LogP contribution in [0.1, 0.15) is 57.4 Å². The van der Waals surface area contributed by atoms with Crippen molar-refractivity contribution in [1.29, 1.82) is 0 Å². The lowest BCUT2D eigenvalue weighted by Crippen LogP contribution is -2.50. The molecule has 0 radical (unpaired) electrons. The van der Waals surface area contributed by atoms with E-state index in [0.717, 1.165) is 42.0 Å². The predicted molar refractivity (Wildman–Crippen MR) is 154 cm³/mol. The zero-order valence-electron chi connectivity index (χ0n) is 22.1. The molecule has 2 amide bonds. The summed E-state index contributed by atoms with van der Waals surface area (Å²) >= 11 is 6.19. The first kappa shape index (κ1) is 27.5. The van der Waals surface area contributed by atoms with E-state index >= 15 is 0 Å². The van der Waals surface area contributed by atoms with Gasteiger partial charge in [0, 0.05) is 36.0 Å². The average molecular weight is 568 g/mol. The summed E-state index contributed by atoms with van der Waals surface area (Å²) in [5.41, 5.74) is 1.48. The Labute approximate surface area is 235 Å². The Kier molecular flexibility index (Phi) is 8.14. The highest BCUT2D eigenvalue weighted by Crippen LogP contribution is 2.42. The van der Waals surface area contributed by atoms with Gasteiger partial charge in [0.1, 0.15) is 6.04 Å². The highest BCUT2D eigenvalue weighted by Gasteiger charge is 2.35. The Bertz CT molecular complexity index is 1480. The number of hydrogen-bond donors (Lipinski definition) is 1. The SMILES string of the molecule is C[C@@H](C(=O)NC1CCCCC1)N(Cc1cccc(Cl)c1)C(=O)CCCN1c2cccc3cccc(c23)S1(=O)=O. The molecule has 0 saturated heterocycles. The Morgan fingerprint density at radius 3 is 2.51 bits per heavy atom. The molecule has 1 heterocycles. The average Bonchev–Trinajstić information content (AvgIpc) is 3.15. The lowest BCUT2D eigenvalue weighted by atomic mass is 9.95. The van der Waals surface area contributed by atoms with Crippen LogP contribution in [0.2, 0.25) is 5.02 Å². The van der Waals surface area contributed by atoms with Crippen molar-refractivity contribution < 1.29 is 18.0 Å². The monoisotopic (exact) mass is 567 g/mol. The first-order chi connectivity index (χ1) is 18.8. The molecule has 1 fully saturated rings. The maximum absolute atomic E-state index is 13.6. The third-order valence-electron chi connectivity index (χ3n) is 7.79. The summed E-state index contributed by atoms with van der Waals surface area (Å²) in [7, 11) is -3.69. The van der Waals surface area contributed by atoms with Gasteiger partial charge in [-0.15, -0.1) is 0 Å². The quantitative estimate of drug-likeness (QED) is 0.362. The summed E-state index contributed by atoms with van der Waals surface area (Å²) in [6.07, 6.45) is 5.74. The van der Waals surface area contributed by atoms with Gasteiger partial charge in [-0.25, -0.2) is 8.42 Å². The van der Waals surface area contributed by atoms with Crippen molar-refractivity contribution in [3.63, 3.8) is 0 Å². The highest BCUT2D eigenvalue weighted by atomic mass is 35.5. The molecule has 7 nitrogen and oxygen atoms in total. The van der Waals surface area contributed by atoms with Gasteiger partial charge in [-0.2, -0.15) is 0 Å². The van der Waals surface area contributed by atoms with E-state index in [-0.39, 0.29) is 37.4 Å². The summed E-state index contributed by atoms with van der Waals surface area (Å²) in [5, 5.41) is 5.30. The van der Waals surface area contributed by atoms with Crippen LogP contribution in [-0.4, -0.2) is 43.8 Å². The fraction of sp³-hybridized carbons (Fsp3) is 0.400. The molecule has 1 atom stereocenters. The molecule has 0 spiro atoms. The van der Waals surface area contributed by atoms with E-state index in [2.05, 4.69) is 5.32 Å². The van der Waals surface area contributed by atoms with Gasteiger partial charge in [0.25, 0.3) is 10.0 Å². The van der Waals surface area contributed by atoms with E-state index in [1.165, 1.54) is 10.7 Å². The zero-order valence-corrected chi connectivity index (χ0v) is 23.7. The topological polar surface area (TPSA) is 86.8 Å². The van der Waals surface area contributed by atoms with Crippen LogP contribution < -0.4 is 9.62 Å². The van der Waals surface area contributed by atoms with E-state index in [1.54, 1.807) is 42.2 Å². The lowest BCUT2D eigenvalue weighted by molar-refractivity contribution is -0.141. The largest absolute Gasteiger partial charge is 0.352 e. The molecule has 0 unspecified atom stereocenters. The van der Waals surface area contributed by atoms with Crippen LogP contribution in [0, 0.1) is 0 Å². The number of hydrogen-bond acceptors (Lipinski definition) is 4. The van der Waals surface area contributed by atoms with Crippen LogP contribution >= 0.6 is 11.6 Å². The lowest BCUT2D eigenvalue weighted by Gasteiger charge is -2.31. The maximum Gasteiger partial charge on any atom is 0.265 e. The number of amides is 2. The van der Waals surface area contributed by atoms with Crippen LogP contribution in [-0.2, 0) is 26.2 Å². The number of rotatable bonds is 9. The molecule has 1 saturated carbocycles. The molecule has 39 heavy (non-hydrogen) atoms. The number of anilines is 1. The Balaban J connectivity index is 1.29. The molecule has 5 rings (SSSR count). The molecule has 3 aromatic rings. The molecule has 1 aliphatic heterocycles. The van der Waals surface area contributed by atoms with Crippen LogP contribution in [0.4, 0.5) is 5.69 Å². The molecule has 9 heteroatoms. The first-order valence-electron chi connectivity index (χ1n) is 13.6. The molecule has 206 valence electrons. The second kappa shape index (κ2) is 11.6. The Hall–Kier alpha value is -3.10. The predicted octanol–water partition coefficient (Wildman–Crippen LogP) is 5.65. The summed E-state index contributed by atoms with van der Waals surface area (Å²) < 4.78 is 28.0. The molecular formula is C30H34ClN3O4S. The normalized spacial score (nSPS) is 17.2. The van der Waals surface area contributed by atoms with Gasteiger partial charge in [-0.05, 0) is 61.4 Å². The van der Waals surface area contributed by atoms with E-state index in [0.29, 0.717) is 22.0 Å². The third kappa shape index (κ3) is 5.77. The van der Waals surface area contributed by atoms with Crippen molar-refractivity contribution in [2.75, 3.05) is 10.8 Å². The number of nitrogens with one attached hydrogen (secondary N) is 1.